The Kier molecular flexibility index (Phi) is 7.78. The van der Waals surface area contributed by atoms with Crippen molar-refractivity contribution >= 4 is 5.97 Å². The standard InChI is InChI=1S/C17H24F2O4/c1-2-3-4-5-6-7-8-9-10-11-12(17(22)23)15(20)16(21)14(19)13(11)18/h20-21H,2-10H2,1H3,(H,22,23). The maximum absolute atomic E-state index is 13.9. The molecule has 0 heterocycles. The topological polar surface area (TPSA) is 77.8 Å². The first-order valence-electron chi connectivity index (χ1n) is 8.06. The molecule has 0 aliphatic rings. The van der Waals surface area contributed by atoms with Crippen LogP contribution in [0.2, 0.25) is 0 Å². The molecule has 0 spiro atoms. The number of aromatic hydroxyl groups is 2. The number of unbranched alkanes of at least 4 members (excludes halogenated alkanes) is 7. The van der Waals surface area contributed by atoms with Gasteiger partial charge in [-0.05, 0) is 12.8 Å². The summed E-state index contributed by atoms with van der Waals surface area (Å²) in [5.74, 6) is -7.08. The average Bonchev–Trinajstić information content (AvgIpc) is 2.52. The van der Waals surface area contributed by atoms with Crippen LogP contribution in [-0.2, 0) is 6.42 Å². The monoisotopic (exact) mass is 330 g/mol. The second-order valence-corrected chi connectivity index (χ2v) is 5.71. The highest BCUT2D eigenvalue weighted by Crippen LogP contribution is 2.37. The van der Waals surface area contributed by atoms with Gasteiger partial charge in [-0.1, -0.05) is 51.9 Å². The zero-order valence-corrected chi connectivity index (χ0v) is 13.4. The van der Waals surface area contributed by atoms with Crippen LogP contribution in [0.4, 0.5) is 8.78 Å². The van der Waals surface area contributed by atoms with E-state index in [-0.39, 0.29) is 6.42 Å². The summed E-state index contributed by atoms with van der Waals surface area (Å²) in [6.45, 7) is 2.14. The fourth-order valence-electron chi connectivity index (χ4n) is 2.61. The molecule has 0 aromatic heterocycles. The molecule has 0 bridgehead atoms. The van der Waals surface area contributed by atoms with Gasteiger partial charge in [0.05, 0.1) is 0 Å². The number of phenolic OH excluding ortho intramolecular Hbond substituents is 1. The third-order valence-electron chi connectivity index (χ3n) is 3.92. The van der Waals surface area contributed by atoms with Crippen molar-refractivity contribution in [3.8, 4) is 11.5 Å². The molecule has 1 aromatic rings. The van der Waals surface area contributed by atoms with Gasteiger partial charge in [0.1, 0.15) is 5.56 Å². The molecule has 1 aromatic carbocycles. The largest absolute Gasteiger partial charge is 0.504 e. The summed E-state index contributed by atoms with van der Waals surface area (Å²) in [6.07, 6.45) is 7.98. The van der Waals surface area contributed by atoms with Gasteiger partial charge in [0.25, 0.3) is 0 Å². The molecule has 0 amide bonds. The van der Waals surface area contributed by atoms with Crippen molar-refractivity contribution in [1.29, 1.82) is 0 Å². The molecule has 0 radical (unpaired) electrons. The van der Waals surface area contributed by atoms with Gasteiger partial charge in [-0.3, -0.25) is 0 Å². The van der Waals surface area contributed by atoms with Crippen LogP contribution in [0.3, 0.4) is 0 Å². The van der Waals surface area contributed by atoms with Crippen molar-refractivity contribution in [2.45, 2.75) is 64.7 Å². The Morgan fingerprint density at radius 3 is 1.91 bits per heavy atom. The van der Waals surface area contributed by atoms with Crippen LogP contribution in [0.25, 0.3) is 0 Å². The summed E-state index contributed by atoms with van der Waals surface area (Å²) in [7, 11) is 0. The van der Waals surface area contributed by atoms with Gasteiger partial charge in [-0.15, -0.1) is 0 Å². The van der Waals surface area contributed by atoms with Gasteiger partial charge >= 0.3 is 5.97 Å². The molecule has 0 unspecified atom stereocenters. The predicted octanol–water partition coefficient (Wildman–Crippen LogP) is 4.76. The zero-order valence-electron chi connectivity index (χ0n) is 13.4. The summed E-state index contributed by atoms with van der Waals surface area (Å²) in [5, 5.41) is 27.8. The first-order valence-corrected chi connectivity index (χ1v) is 8.06. The van der Waals surface area contributed by atoms with Gasteiger partial charge in [0.15, 0.2) is 17.3 Å². The van der Waals surface area contributed by atoms with Crippen LogP contribution in [0.1, 0.15) is 74.2 Å². The van der Waals surface area contributed by atoms with E-state index in [4.69, 9.17) is 5.11 Å². The van der Waals surface area contributed by atoms with Crippen LogP contribution in [-0.4, -0.2) is 21.3 Å². The van der Waals surface area contributed by atoms with Crippen LogP contribution >= 0.6 is 0 Å². The smallest absolute Gasteiger partial charge is 0.340 e. The number of aromatic carboxylic acids is 1. The highest BCUT2D eigenvalue weighted by atomic mass is 19.2. The molecule has 0 saturated heterocycles. The van der Waals surface area contributed by atoms with Gasteiger partial charge < -0.3 is 15.3 Å². The Balaban J connectivity index is 2.64. The maximum atomic E-state index is 13.9. The van der Waals surface area contributed by atoms with Crippen molar-refractivity contribution in [3.05, 3.63) is 22.8 Å². The van der Waals surface area contributed by atoms with Gasteiger partial charge in [-0.25, -0.2) is 9.18 Å². The number of carbonyl (C=O) groups is 1. The number of hydrogen-bond acceptors (Lipinski definition) is 3. The summed E-state index contributed by atoms with van der Waals surface area (Å²) in [4.78, 5) is 11.1. The molecule has 130 valence electrons. The fourth-order valence-corrected chi connectivity index (χ4v) is 2.61. The third kappa shape index (κ3) is 5.08. The first kappa shape index (κ1) is 19.2. The number of rotatable bonds is 10. The molecule has 4 nitrogen and oxygen atoms in total. The molecule has 1 rings (SSSR count). The second kappa shape index (κ2) is 9.33. The van der Waals surface area contributed by atoms with Crippen LogP contribution < -0.4 is 0 Å². The van der Waals surface area contributed by atoms with Gasteiger partial charge in [0, 0.05) is 5.56 Å². The van der Waals surface area contributed by atoms with E-state index in [2.05, 4.69) is 6.92 Å². The molecule has 3 N–H and O–H groups in total. The molecule has 0 aliphatic heterocycles. The molecule has 0 fully saturated rings. The Morgan fingerprint density at radius 2 is 1.39 bits per heavy atom. The van der Waals surface area contributed by atoms with Gasteiger partial charge in [0.2, 0.25) is 5.82 Å². The minimum Gasteiger partial charge on any atom is -0.504 e. The Bertz CT molecular complexity index is 544. The number of carboxylic acid groups (broad SMARTS) is 1. The maximum Gasteiger partial charge on any atom is 0.340 e. The minimum absolute atomic E-state index is 0.00713. The van der Waals surface area contributed by atoms with E-state index in [1.54, 1.807) is 0 Å². The normalized spacial score (nSPS) is 10.9. The summed E-state index contributed by atoms with van der Waals surface area (Å²) in [6, 6.07) is 0. The van der Waals surface area contributed by atoms with E-state index in [0.29, 0.717) is 6.42 Å². The average molecular weight is 330 g/mol. The van der Waals surface area contributed by atoms with E-state index < -0.39 is 40.2 Å². The Labute approximate surface area is 134 Å². The van der Waals surface area contributed by atoms with Crippen molar-refractivity contribution in [3.63, 3.8) is 0 Å². The number of phenols is 2. The third-order valence-corrected chi connectivity index (χ3v) is 3.92. The number of halogens is 2. The molecule has 0 saturated carbocycles. The van der Waals surface area contributed by atoms with E-state index in [9.17, 15) is 23.8 Å². The highest BCUT2D eigenvalue weighted by molar-refractivity contribution is 5.93. The van der Waals surface area contributed by atoms with Crippen LogP contribution in [0.15, 0.2) is 0 Å². The lowest BCUT2D eigenvalue weighted by atomic mass is 9.98. The first-order chi connectivity index (χ1) is 10.9. The Morgan fingerprint density at radius 1 is 0.870 bits per heavy atom. The summed E-state index contributed by atoms with van der Waals surface area (Å²) < 4.78 is 27.3. The molecule has 6 heteroatoms. The SMILES string of the molecule is CCCCCCCCCCc1c(F)c(F)c(O)c(O)c1C(=O)O. The van der Waals surface area contributed by atoms with Crippen molar-refractivity contribution in [2.75, 3.05) is 0 Å². The quantitative estimate of drug-likeness (QED) is 0.427. The van der Waals surface area contributed by atoms with Crippen molar-refractivity contribution in [1.82, 2.24) is 0 Å². The lowest BCUT2D eigenvalue weighted by Crippen LogP contribution is -2.08. The zero-order chi connectivity index (χ0) is 17.4. The highest BCUT2D eigenvalue weighted by Gasteiger charge is 2.27. The van der Waals surface area contributed by atoms with Crippen LogP contribution in [0.5, 0.6) is 11.5 Å². The van der Waals surface area contributed by atoms with Gasteiger partial charge in [-0.2, -0.15) is 4.39 Å². The molecule has 0 atom stereocenters. The number of benzene rings is 1. The second-order valence-electron chi connectivity index (χ2n) is 5.71. The summed E-state index contributed by atoms with van der Waals surface area (Å²) >= 11 is 0. The molecule has 0 aliphatic carbocycles. The van der Waals surface area contributed by atoms with E-state index >= 15 is 0 Å². The van der Waals surface area contributed by atoms with E-state index in [1.165, 1.54) is 19.3 Å². The molecular formula is C17H24F2O4. The van der Waals surface area contributed by atoms with Crippen molar-refractivity contribution < 1.29 is 28.9 Å². The molecular weight excluding hydrogens is 306 g/mol. The number of carboxylic acids is 1. The lowest BCUT2D eigenvalue weighted by molar-refractivity contribution is 0.0690. The van der Waals surface area contributed by atoms with Crippen LogP contribution in [0, 0.1) is 11.6 Å². The number of hydrogen-bond donors (Lipinski definition) is 3. The fraction of sp³-hybridized carbons (Fsp3) is 0.588. The van der Waals surface area contributed by atoms with E-state index in [0.717, 1.165) is 25.7 Å². The lowest BCUT2D eigenvalue weighted by Gasteiger charge is -2.12. The van der Waals surface area contributed by atoms with E-state index in [1.807, 2.05) is 0 Å². The molecule has 23 heavy (non-hydrogen) atoms. The van der Waals surface area contributed by atoms with Crippen molar-refractivity contribution in [2.24, 2.45) is 0 Å². The minimum atomic E-state index is -1.61. The predicted molar refractivity (Wildman–Crippen MR) is 83.0 cm³/mol. The Hall–Kier alpha value is -1.85. The summed E-state index contributed by atoms with van der Waals surface area (Å²) in [5.41, 5.74) is -1.15.